The van der Waals surface area contributed by atoms with Crippen molar-refractivity contribution < 1.29 is 9.53 Å². The van der Waals surface area contributed by atoms with Gasteiger partial charge in [0.2, 0.25) is 5.95 Å². The molecule has 0 atom stereocenters. The SMILES string of the molecule is CNC(=O)Nc1ccc(-c2nc(N3CCOCC3)nc3c2cnn3C(C)C)cc1. The Morgan fingerprint density at radius 3 is 2.52 bits per heavy atom. The average Bonchev–Trinajstić information content (AvgIpc) is 3.18. The molecule has 0 unspecified atom stereocenters. The van der Waals surface area contributed by atoms with Crippen LogP contribution in [-0.4, -0.2) is 59.1 Å². The topological polar surface area (TPSA) is 97.2 Å². The van der Waals surface area contributed by atoms with Crippen LogP contribution in [0.2, 0.25) is 0 Å². The van der Waals surface area contributed by atoms with E-state index in [0.717, 1.165) is 35.4 Å². The highest BCUT2D eigenvalue weighted by Crippen LogP contribution is 2.30. The third-order valence-electron chi connectivity index (χ3n) is 4.87. The second-order valence-corrected chi connectivity index (χ2v) is 7.17. The molecule has 9 nitrogen and oxygen atoms in total. The summed E-state index contributed by atoms with van der Waals surface area (Å²) in [5.41, 5.74) is 3.30. The predicted octanol–water partition coefficient (Wildman–Crippen LogP) is 2.66. The fraction of sp³-hybridized carbons (Fsp3) is 0.400. The monoisotopic (exact) mass is 395 g/mol. The van der Waals surface area contributed by atoms with E-state index < -0.39 is 0 Å². The average molecular weight is 395 g/mol. The maximum absolute atomic E-state index is 11.5. The summed E-state index contributed by atoms with van der Waals surface area (Å²) in [5, 5.41) is 10.8. The first-order chi connectivity index (χ1) is 14.1. The second kappa shape index (κ2) is 8.04. The van der Waals surface area contributed by atoms with Crippen LogP contribution in [0.3, 0.4) is 0 Å². The molecule has 2 aromatic heterocycles. The Bertz CT molecular complexity index is 1010. The molecule has 0 radical (unpaired) electrons. The van der Waals surface area contributed by atoms with Crippen LogP contribution in [0.5, 0.6) is 0 Å². The van der Waals surface area contributed by atoms with Gasteiger partial charge in [-0.15, -0.1) is 0 Å². The Hall–Kier alpha value is -3.20. The summed E-state index contributed by atoms with van der Waals surface area (Å²) in [4.78, 5) is 23.4. The molecule has 0 bridgehead atoms. The van der Waals surface area contributed by atoms with Crippen LogP contribution in [0.1, 0.15) is 19.9 Å². The quantitative estimate of drug-likeness (QED) is 0.705. The molecule has 1 fully saturated rings. The first kappa shape index (κ1) is 19.1. The Morgan fingerprint density at radius 2 is 1.86 bits per heavy atom. The number of benzene rings is 1. The number of nitrogens with zero attached hydrogens (tertiary/aromatic N) is 5. The molecule has 1 saturated heterocycles. The van der Waals surface area contributed by atoms with E-state index in [1.165, 1.54) is 0 Å². The summed E-state index contributed by atoms with van der Waals surface area (Å²) in [6.07, 6.45) is 1.82. The van der Waals surface area contributed by atoms with Gasteiger partial charge in [-0.2, -0.15) is 10.1 Å². The number of ether oxygens (including phenoxy) is 1. The summed E-state index contributed by atoms with van der Waals surface area (Å²) in [6, 6.07) is 7.55. The number of rotatable bonds is 4. The molecule has 3 heterocycles. The zero-order valence-electron chi connectivity index (χ0n) is 16.8. The van der Waals surface area contributed by atoms with Gasteiger partial charge in [-0.1, -0.05) is 12.1 Å². The fourth-order valence-electron chi connectivity index (χ4n) is 3.32. The highest BCUT2D eigenvalue weighted by molar-refractivity contribution is 5.92. The summed E-state index contributed by atoms with van der Waals surface area (Å²) in [7, 11) is 1.58. The van der Waals surface area contributed by atoms with Crippen LogP contribution in [-0.2, 0) is 4.74 Å². The summed E-state index contributed by atoms with van der Waals surface area (Å²) in [5.74, 6) is 0.686. The molecule has 2 N–H and O–H groups in total. The number of urea groups is 1. The normalized spacial score (nSPS) is 14.4. The van der Waals surface area contributed by atoms with Gasteiger partial charge in [0.25, 0.3) is 0 Å². The van der Waals surface area contributed by atoms with E-state index in [0.29, 0.717) is 24.8 Å². The van der Waals surface area contributed by atoms with Crippen LogP contribution in [0.4, 0.5) is 16.4 Å². The number of carbonyl (C=O) groups is 1. The maximum atomic E-state index is 11.5. The van der Waals surface area contributed by atoms with E-state index in [-0.39, 0.29) is 12.1 Å². The molecule has 1 aliphatic heterocycles. The number of nitrogens with one attached hydrogen (secondary N) is 2. The van der Waals surface area contributed by atoms with Crippen molar-refractivity contribution in [2.75, 3.05) is 43.6 Å². The molecule has 3 aromatic rings. The minimum Gasteiger partial charge on any atom is -0.378 e. The number of fused-ring (bicyclic) bond motifs is 1. The molecular weight excluding hydrogens is 370 g/mol. The lowest BCUT2D eigenvalue weighted by Gasteiger charge is -2.27. The number of hydrogen-bond acceptors (Lipinski definition) is 6. The molecule has 0 spiro atoms. The van der Waals surface area contributed by atoms with Gasteiger partial charge in [-0.25, -0.2) is 14.5 Å². The van der Waals surface area contributed by atoms with E-state index in [2.05, 4.69) is 34.5 Å². The van der Waals surface area contributed by atoms with Crippen molar-refractivity contribution >= 4 is 28.7 Å². The van der Waals surface area contributed by atoms with Gasteiger partial charge >= 0.3 is 6.03 Å². The van der Waals surface area contributed by atoms with Crippen LogP contribution < -0.4 is 15.5 Å². The minimum atomic E-state index is -0.255. The summed E-state index contributed by atoms with van der Waals surface area (Å²) in [6.45, 7) is 7.02. The highest BCUT2D eigenvalue weighted by atomic mass is 16.5. The smallest absolute Gasteiger partial charge is 0.318 e. The van der Waals surface area contributed by atoms with Crippen molar-refractivity contribution in [1.29, 1.82) is 0 Å². The van der Waals surface area contributed by atoms with E-state index >= 15 is 0 Å². The second-order valence-electron chi connectivity index (χ2n) is 7.17. The van der Waals surface area contributed by atoms with Crippen molar-refractivity contribution in [3.05, 3.63) is 30.5 Å². The summed E-state index contributed by atoms with van der Waals surface area (Å²) < 4.78 is 7.39. The third-order valence-corrected chi connectivity index (χ3v) is 4.87. The van der Waals surface area contributed by atoms with Crippen LogP contribution >= 0.6 is 0 Å². The van der Waals surface area contributed by atoms with Crippen molar-refractivity contribution in [2.24, 2.45) is 0 Å². The van der Waals surface area contributed by atoms with Crippen LogP contribution in [0.15, 0.2) is 30.5 Å². The van der Waals surface area contributed by atoms with Crippen LogP contribution in [0, 0.1) is 0 Å². The van der Waals surface area contributed by atoms with E-state index in [9.17, 15) is 4.79 Å². The van der Waals surface area contributed by atoms with Gasteiger partial charge in [0, 0.05) is 37.4 Å². The van der Waals surface area contributed by atoms with E-state index in [4.69, 9.17) is 14.7 Å². The first-order valence-electron chi connectivity index (χ1n) is 9.74. The zero-order chi connectivity index (χ0) is 20.4. The number of morpholine rings is 1. The maximum Gasteiger partial charge on any atom is 0.318 e. The van der Waals surface area contributed by atoms with E-state index in [1.807, 2.05) is 35.1 Å². The Labute approximate surface area is 169 Å². The standard InChI is InChI=1S/C20H25N7O2/c1-13(2)27-18-16(12-22-27)17(24-19(25-18)26-8-10-29-11-9-26)14-4-6-15(7-5-14)23-20(28)21-3/h4-7,12-13H,8-11H2,1-3H3,(H2,21,23,28). The van der Waals surface area contributed by atoms with Gasteiger partial charge in [0.1, 0.15) is 0 Å². The lowest BCUT2D eigenvalue weighted by atomic mass is 10.1. The van der Waals surface area contributed by atoms with Gasteiger partial charge in [-0.3, -0.25) is 0 Å². The van der Waals surface area contributed by atoms with Crippen molar-refractivity contribution in [3.63, 3.8) is 0 Å². The largest absolute Gasteiger partial charge is 0.378 e. The highest BCUT2D eigenvalue weighted by Gasteiger charge is 2.20. The van der Waals surface area contributed by atoms with Crippen molar-refractivity contribution in [1.82, 2.24) is 25.1 Å². The van der Waals surface area contributed by atoms with Gasteiger partial charge < -0.3 is 20.3 Å². The number of hydrogen-bond donors (Lipinski definition) is 2. The molecule has 29 heavy (non-hydrogen) atoms. The number of carbonyl (C=O) groups excluding carboxylic acids is 1. The number of aromatic nitrogens is 4. The van der Waals surface area contributed by atoms with Crippen molar-refractivity contribution in [3.8, 4) is 11.3 Å². The molecule has 1 aromatic carbocycles. The fourth-order valence-corrected chi connectivity index (χ4v) is 3.32. The lowest BCUT2D eigenvalue weighted by molar-refractivity contribution is 0.122. The Kier molecular flexibility index (Phi) is 5.30. The van der Waals surface area contributed by atoms with Gasteiger partial charge in [0.15, 0.2) is 5.65 Å². The predicted molar refractivity (Wildman–Crippen MR) is 112 cm³/mol. The first-order valence-corrected chi connectivity index (χ1v) is 9.74. The molecule has 9 heteroatoms. The third kappa shape index (κ3) is 3.86. The molecule has 0 aliphatic carbocycles. The number of anilines is 2. The Morgan fingerprint density at radius 1 is 1.14 bits per heavy atom. The zero-order valence-corrected chi connectivity index (χ0v) is 16.8. The molecule has 2 amide bonds. The molecule has 0 saturated carbocycles. The Balaban J connectivity index is 1.78. The molecule has 1 aliphatic rings. The van der Waals surface area contributed by atoms with Gasteiger partial charge in [0.05, 0.1) is 30.5 Å². The number of amides is 2. The molecular formula is C20H25N7O2. The molecule has 4 rings (SSSR count). The van der Waals surface area contributed by atoms with Crippen molar-refractivity contribution in [2.45, 2.75) is 19.9 Å². The lowest BCUT2D eigenvalue weighted by Crippen LogP contribution is -2.37. The van der Waals surface area contributed by atoms with E-state index in [1.54, 1.807) is 7.05 Å². The summed E-state index contributed by atoms with van der Waals surface area (Å²) >= 11 is 0. The van der Waals surface area contributed by atoms with Gasteiger partial charge in [-0.05, 0) is 26.0 Å². The van der Waals surface area contributed by atoms with Crippen LogP contribution in [0.25, 0.3) is 22.3 Å². The minimum absolute atomic E-state index is 0.187. The molecule has 152 valence electrons.